The van der Waals surface area contributed by atoms with Crippen molar-refractivity contribution in [2.24, 2.45) is 0 Å². The molecule has 0 aliphatic carbocycles. The van der Waals surface area contributed by atoms with Gasteiger partial charge in [-0.25, -0.2) is 0 Å². The van der Waals surface area contributed by atoms with Crippen molar-refractivity contribution >= 4 is 0 Å². The van der Waals surface area contributed by atoms with Gasteiger partial charge in [-0.05, 0) is 52.1 Å². The van der Waals surface area contributed by atoms with Crippen LogP contribution in [0, 0.1) is 0 Å². The third-order valence-electron chi connectivity index (χ3n) is 3.27. The van der Waals surface area contributed by atoms with Gasteiger partial charge in [-0.1, -0.05) is 68.0 Å². The Hall–Kier alpha value is -1.34. The van der Waals surface area contributed by atoms with Crippen LogP contribution in [0.4, 0.5) is 0 Å². The number of rotatable bonds is 8. The molecule has 0 aromatic heterocycles. The Morgan fingerprint density at radius 3 is 2.38 bits per heavy atom. The molecule has 0 amide bonds. The Labute approximate surface area is 132 Å². The minimum Gasteiger partial charge on any atom is -0.314 e. The summed E-state index contributed by atoms with van der Waals surface area (Å²) in [6.45, 7) is 11.5. The van der Waals surface area contributed by atoms with Crippen LogP contribution in [0.5, 0.6) is 0 Å². The molecule has 0 radical (unpaired) electrons. The van der Waals surface area contributed by atoms with Crippen molar-refractivity contribution in [2.75, 3.05) is 6.54 Å². The van der Waals surface area contributed by atoms with Crippen LogP contribution in [0.15, 0.2) is 54.1 Å². The molecule has 118 valence electrons. The van der Waals surface area contributed by atoms with Crippen LogP contribution in [0.3, 0.4) is 0 Å². The van der Waals surface area contributed by atoms with E-state index < -0.39 is 0 Å². The molecule has 1 rings (SSSR count). The van der Waals surface area contributed by atoms with Gasteiger partial charge in [0, 0.05) is 6.04 Å². The normalized spacial score (nSPS) is 12.9. The fraction of sp³-hybridized carbons (Fsp3) is 0.500. The molecule has 1 N–H and O–H groups in total. The Kier molecular flexibility index (Phi) is 12.8. The number of nitrogens with one attached hydrogen (secondary N) is 1. The summed E-state index contributed by atoms with van der Waals surface area (Å²) in [7, 11) is 0. The van der Waals surface area contributed by atoms with Crippen molar-refractivity contribution in [1.29, 1.82) is 0 Å². The average molecular weight is 287 g/mol. The zero-order valence-electron chi connectivity index (χ0n) is 14.5. The van der Waals surface area contributed by atoms with E-state index in [1.807, 2.05) is 13.8 Å². The summed E-state index contributed by atoms with van der Waals surface area (Å²) in [5.74, 6) is 0. The van der Waals surface area contributed by atoms with Crippen molar-refractivity contribution in [3.63, 3.8) is 0 Å². The van der Waals surface area contributed by atoms with Crippen LogP contribution in [-0.4, -0.2) is 12.6 Å². The van der Waals surface area contributed by atoms with Crippen LogP contribution < -0.4 is 5.32 Å². The first-order chi connectivity index (χ1) is 10.3. The van der Waals surface area contributed by atoms with Gasteiger partial charge in [-0.2, -0.15) is 0 Å². The van der Waals surface area contributed by atoms with Gasteiger partial charge in [0.05, 0.1) is 0 Å². The zero-order chi connectivity index (χ0) is 15.9. The summed E-state index contributed by atoms with van der Waals surface area (Å²) < 4.78 is 0. The highest BCUT2D eigenvalue weighted by Gasteiger charge is 2.02. The third-order valence-corrected chi connectivity index (χ3v) is 3.27. The summed E-state index contributed by atoms with van der Waals surface area (Å²) >= 11 is 0. The second-order valence-corrected chi connectivity index (χ2v) is 5.01. The van der Waals surface area contributed by atoms with E-state index in [9.17, 15) is 0 Å². The van der Waals surface area contributed by atoms with Gasteiger partial charge in [-0.3, -0.25) is 0 Å². The highest BCUT2D eigenvalue weighted by atomic mass is 14.9. The van der Waals surface area contributed by atoms with Gasteiger partial charge >= 0.3 is 0 Å². The molecule has 1 atom stereocenters. The Morgan fingerprint density at radius 1 is 1.14 bits per heavy atom. The molecule has 0 bridgehead atoms. The second-order valence-electron chi connectivity index (χ2n) is 5.01. The molecule has 1 heteroatoms. The number of hydrogen-bond acceptors (Lipinski definition) is 1. The van der Waals surface area contributed by atoms with Crippen molar-refractivity contribution in [3.05, 3.63) is 59.7 Å². The van der Waals surface area contributed by atoms with Crippen LogP contribution in [0.1, 0.15) is 53.0 Å². The highest BCUT2D eigenvalue weighted by molar-refractivity contribution is 5.17. The van der Waals surface area contributed by atoms with E-state index in [0.717, 1.165) is 19.4 Å². The van der Waals surface area contributed by atoms with E-state index in [-0.39, 0.29) is 0 Å². The predicted octanol–water partition coefficient (Wildman–Crippen LogP) is 5.54. The minimum absolute atomic E-state index is 0.540. The zero-order valence-corrected chi connectivity index (χ0v) is 14.5. The maximum absolute atomic E-state index is 3.60. The smallest absolute Gasteiger partial charge is 0.00791 e. The summed E-state index contributed by atoms with van der Waals surface area (Å²) in [4.78, 5) is 0. The standard InChI is InChI=1S/C18H27N.C2H6/c1-4-10-17(5-2)13-9-14-19-16(3)15-18-11-7-6-8-12-18;1-2/h4-8,10-12,16,19H,9,13-15H2,1-3H3;1-2H3/b10-4-,17-5+;. The molecule has 21 heavy (non-hydrogen) atoms. The molecule has 1 aromatic rings. The predicted molar refractivity (Wildman–Crippen MR) is 96.8 cm³/mol. The van der Waals surface area contributed by atoms with E-state index in [1.54, 1.807) is 0 Å². The van der Waals surface area contributed by atoms with E-state index >= 15 is 0 Å². The fourth-order valence-electron chi connectivity index (χ4n) is 2.22. The van der Waals surface area contributed by atoms with E-state index in [0.29, 0.717) is 6.04 Å². The van der Waals surface area contributed by atoms with Gasteiger partial charge in [0.15, 0.2) is 0 Å². The maximum Gasteiger partial charge on any atom is 0.00791 e. The van der Waals surface area contributed by atoms with Crippen molar-refractivity contribution < 1.29 is 0 Å². The van der Waals surface area contributed by atoms with Gasteiger partial charge in [0.2, 0.25) is 0 Å². The molecule has 1 unspecified atom stereocenters. The molecule has 0 saturated heterocycles. The van der Waals surface area contributed by atoms with Crippen molar-refractivity contribution in [2.45, 2.75) is 59.9 Å². The number of hydrogen-bond donors (Lipinski definition) is 1. The van der Waals surface area contributed by atoms with E-state index in [4.69, 9.17) is 0 Å². The Balaban J connectivity index is 0.00000191. The molecule has 1 nitrogen and oxygen atoms in total. The molecule has 0 heterocycles. The molecule has 0 aliphatic heterocycles. The lowest BCUT2D eigenvalue weighted by Gasteiger charge is -2.14. The number of allylic oxidation sites excluding steroid dienone is 4. The van der Waals surface area contributed by atoms with Crippen molar-refractivity contribution in [3.8, 4) is 0 Å². The molecule has 0 fully saturated rings. The Bertz CT molecular complexity index is 390. The topological polar surface area (TPSA) is 12.0 Å². The molecule has 0 spiro atoms. The molecule has 0 aliphatic rings. The van der Waals surface area contributed by atoms with Crippen LogP contribution in [-0.2, 0) is 6.42 Å². The van der Waals surface area contributed by atoms with Crippen LogP contribution >= 0.6 is 0 Å². The first-order valence-electron chi connectivity index (χ1n) is 8.31. The maximum atomic E-state index is 3.60. The SMILES string of the molecule is C/C=C\C(=C/C)CCCNC(C)Cc1ccccc1.CC. The fourth-order valence-corrected chi connectivity index (χ4v) is 2.22. The summed E-state index contributed by atoms with van der Waals surface area (Å²) in [5, 5.41) is 3.60. The minimum atomic E-state index is 0.540. The Morgan fingerprint density at radius 2 is 1.81 bits per heavy atom. The summed E-state index contributed by atoms with van der Waals surface area (Å²) in [5.41, 5.74) is 2.84. The first kappa shape index (κ1) is 19.7. The molecule has 0 saturated carbocycles. The van der Waals surface area contributed by atoms with Gasteiger partial charge in [0.25, 0.3) is 0 Å². The quantitative estimate of drug-likeness (QED) is 0.489. The van der Waals surface area contributed by atoms with Gasteiger partial charge in [0.1, 0.15) is 0 Å². The molecular formula is C20H33N. The summed E-state index contributed by atoms with van der Waals surface area (Å²) in [6.07, 6.45) is 9.98. The lowest BCUT2D eigenvalue weighted by atomic mass is 10.1. The lowest BCUT2D eigenvalue weighted by Crippen LogP contribution is -2.28. The van der Waals surface area contributed by atoms with E-state index in [2.05, 4.69) is 74.6 Å². The van der Waals surface area contributed by atoms with Gasteiger partial charge < -0.3 is 5.32 Å². The van der Waals surface area contributed by atoms with E-state index in [1.165, 1.54) is 17.6 Å². The largest absolute Gasteiger partial charge is 0.314 e. The number of benzene rings is 1. The second kappa shape index (κ2) is 13.6. The third kappa shape index (κ3) is 10.1. The lowest BCUT2D eigenvalue weighted by molar-refractivity contribution is 0.534. The van der Waals surface area contributed by atoms with Crippen LogP contribution in [0.25, 0.3) is 0 Å². The van der Waals surface area contributed by atoms with Crippen molar-refractivity contribution in [1.82, 2.24) is 5.32 Å². The van der Waals surface area contributed by atoms with Crippen LogP contribution in [0.2, 0.25) is 0 Å². The highest BCUT2D eigenvalue weighted by Crippen LogP contribution is 2.07. The van der Waals surface area contributed by atoms with Gasteiger partial charge in [-0.15, -0.1) is 0 Å². The molecular weight excluding hydrogens is 254 g/mol. The first-order valence-corrected chi connectivity index (χ1v) is 8.31. The summed E-state index contributed by atoms with van der Waals surface area (Å²) in [6, 6.07) is 11.2. The molecule has 1 aromatic carbocycles. The average Bonchev–Trinajstić information content (AvgIpc) is 2.53. The monoisotopic (exact) mass is 287 g/mol.